The molecule has 0 aliphatic carbocycles. The lowest BCUT2D eigenvalue weighted by Crippen LogP contribution is -1.79. The number of aryl methyl sites for hydroxylation is 1. The first-order valence-corrected chi connectivity index (χ1v) is 5.70. The zero-order valence-corrected chi connectivity index (χ0v) is 9.56. The van der Waals surface area contributed by atoms with Crippen molar-refractivity contribution < 1.29 is 0 Å². The minimum atomic E-state index is 1.10. The molecule has 0 heteroatoms. The van der Waals surface area contributed by atoms with Crippen molar-refractivity contribution in [1.82, 2.24) is 0 Å². The fourth-order valence-electron chi connectivity index (χ4n) is 1.62. The SMILES string of the molecule is CCc1ccc(C=Cc2ccccc2)cc1. The largest absolute Gasteiger partial charge is 0.0622 e. The number of hydrogen-bond donors (Lipinski definition) is 0. The molecule has 0 aliphatic rings. The van der Waals surface area contributed by atoms with Gasteiger partial charge in [-0.3, -0.25) is 0 Å². The molecule has 0 spiro atoms. The summed E-state index contributed by atoms with van der Waals surface area (Å²) in [6.45, 7) is 2.18. The second kappa shape index (κ2) is 5.32. The highest BCUT2D eigenvalue weighted by Crippen LogP contribution is 2.09. The van der Waals surface area contributed by atoms with Gasteiger partial charge in [-0.05, 0) is 23.1 Å². The van der Waals surface area contributed by atoms with Crippen molar-refractivity contribution in [2.75, 3.05) is 0 Å². The summed E-state index contributed by atoms with van der Waals surface area (Å²) in [5.41, 5.74) is 3.87. The van der Waals surface area contributed by atoms with E-state index in [2.05, 4.69) is 67.6 Å². The number of rotatable bonds is 3. The van der Waals surface area contributed by atoms with Crippen molar-refractivity contribution in [2.45, 2.75) is 13.3 Å². The van der Waals surface area contributed by atoms with E-state index in [0.29, 0.717) is 0 Å². The second-order valence-electron chi connectivity index (χ2n) is 3.84. The maximum absolute atomic E-state index is 2.19. The average Bonchev–Trinajstić information content (AvgIpc) is 2.38. The van der Waals surface area contributed by atoms with Crippen LogP contribution < -0.4 is 0 Å². The minimum Gasteiger partial charge on any atom is -0.0622 e. The fourth-order valence-corrected chi connectivity index (χ4v) is 1.62. The van der Waals surface area contributed by atoms with Crippen LogP contribution in [0.25, 0.3) is 12.2 Å². The van der Waals surface area contributed by atoms with Gasteiger partial charge in [0, 0.05) is 0 Å². The monoisotopic (exact) mass is 208 g/mol. The van der Waals surface area contributed by atoms with E-state index in [0.717, 1.165) is 6.42 Å². The zero-order chi connectivity index (χ0) is 11.2. The van der Waals surface area contributed by atoms with E-state index in [1.165, 1.54) is 16.7 Å². The first-order valence-electron chi connectivity index (χ1n) is 5.70. The molecule has 2 aromatic carbocycles. The summed E-state index contributed by atoms with van der Waals surface area (Å²) >= 11 is 0. The van der Waals surface area contributed by atoms with Crippen molar-refractivity contribution in [3.63, 3.8) is 0 Å². The number of benzene rings is 2. The molecule has 0 atom stereocenters. The maximum atomic E-state index is 2.19. The Morgan fingerprint density at radius 3 is 1.88 bits per heavy atom. The molecule has 0 fully saturated rings. The van der Waals surface area contributed by atoms with Crippen molar-refractivity contribution >= 4 is 12.2 Å². The molecular formula is C16H16. The van der Waals surface area contributed by atoms with E-state index in [-0.39, 0.29) is 0 Å². The topological polar surface area (TPSA) is 0 Å². The molecule has 0 nitrogen and oxygen atoms in total. The van der Waals surface area contributed by atoms with Gasteiger partial charge in [0.1, 0.15) is 0 Å². The third-order valence-corrected chi connectivity index (χ3v) is 2.66. The zero-order valence-electron chi connectivity index (χ0n) is 9.56. The highest BCUT2D eigenvalue weighted by Gasteiger charge is 1.89. The molecule has 16 heavy (non-hydrogen) atoms. The van der Waals surface area contributed by atoms with Crippen molar-refractivity contribution in [3.8, 4) is 0 Å². The Bertz CT molecular complexity index is 449. The molecule has 0 aliphatic heterocycles. The van der Waals surface area contributed by atoms with Gasteiger partial charge in [-0.1, -0.05) is 73.7 Å². The van der Waals surface area contributed by atoms with Gasteiger partial charge in [0.2, 0.25) is 0 Å². The van der Waals surface area contributed by atoms with E-state index in [1.807, 2.05) is 6.07 Å². The molecule has 0 unspecified atom stereocenters. The molecule has 0 saturated carbocycles. The van der Waals surface area contributed by atoms with Crippen LogP contribution in [0.15, 0.2) is 54.6 Å². The van der Waals surface area contributed by atoms with Crippen LogP contribution in [0.2, 0.25) is 0 Å². The highest BCUT2D eigenvalue weighted by atomic mass is 13.9. The van der Waals surface area contributed by atoms with Gasteiger partial charge in [0.25, 0.3) is 0 Å². The van der Waals surface area contributed by atoms with Crippen LogP contribution in [0.1, 0.15) is 23.6 Å². The quantitative estimate of drug-likeness (QED) is 0.655. The first-order chi connectivity index (χ1) is 7.88. The third kappa shape index (κ3) is 2.83. The van der Waals surface area contributed by atoms with Crippen LogP contribution >= 0.6 is 0 Å². The van der Waals surface area contributed by atoms with E-state index in [9.17, 15) is 0 Å². The fraction of sp³-hybridized carbons (Fsp3) is 0.125. The summed E-state index contributed by atoms with van der Waals surface area (Å²) in [4.78, 5) is 0. The molecule has 0 N–H and O–H groups in total. The predicted octanol–water partition coefficient (Wildman–Crippen LogP) is 4.42. The Morgan fingerprint density at radius 1 is 0.750 bits per heavy atom. The van der Waals surface area contributed by atoms with Crippen LogP contribution in [0.5, 0.6) is 0 Å². The molecule has 0 saturated heterocycles. The standard InChI is InChI=1S/C16H16/c1-2-14-8-10-16(11-9-14)13-12-15-6-4-3-5-7-15/h3-13H,2H2,1H3. The Balaban J connectivity index is 2.12. The van der Waals surface area contributed by atoms with Crippen LogP contribution in [0, 0.1) is 0 Å². The Morgan fingerprint density at radius 2 is 1.31 bits per heavy atom. The second-order valence-corrected chi connectivity index (χ2v) is 3.84. The van der Waals surface area contributed by atoms with Gasteiger partial charge in [0.05, 0.1) is 0 Å². The maximum Gasteiger partial charge on any atom is -0.0256 e. The smallest absolute Gasteiger partial charge is 0.0256 e. The van der Waals surface area contributed by atoms with Gasteiger partial charge in [-0.15, -0.1) is 0 Å². The van der Waals surface area contributed by atoms with Crippen molar-refractivity contribution in [2.24, 2.45) is 0 Å². The third-order valence-electron chi connectivity index (χ3n) is 2.66. The summed E-state index contributed by atoms with van der Waals surface area (Å²) in [5.74, 6) is 0. The lowest BCUT2D eigenvalue weighted by atomic mass is 10.1. The molecule has 0 bridgehead atoms. The van der Waals surface area contributed by atoms with E-state index in [1.54, 1.807) is 0 Å². The Hall–Kier alpha value is -1.82. The van der Waals surface area contributed by atoms with Crippen LogP contribution in [-0.2, 0) is 6.42 Å². The summed E-state index contributed by atoms with van der Waals surface area (Å²) in [7, 11) is 0. The lowest BCUT2D eigenvalue weighted by Gasteiger charge is -1.97. The molecule has 80 valence electrons. The van der Waals surface area contributed by atoms with Gasteiger partial charge in [-0.25, -0.2) is 0 Å². The van der Waals surface area contributed by atoms with E-state index < -0.39 is 0 Å². The Labute approximate surface area is 97.3 Å². The molecule has 0 amide bonds. The highest BCUT2D eigenvalue weighted by molar-refractivity contribution is 5.69. The molecular weight excluding hydrogens is 192 g/mol. The first kappa shape index (κ1) is 10.7. The summed E-state index contributed by atoms with van der Waals surface area (Å²) in [5, 5.41) is 0. The Kier molecular flexibility index (Phi) is 3.55. The van der Waals surface area contributed by atoms with Gasteiger partial charge in [-0.2, -0.15) is 0 Å². The summed E-state index contributed by atoms with van der Waals surface area (Å²) in [6, 6.07) is 19.1. The van der Waals surface area contributed by atoms with Crippen molar-refractivity contribution in [1.29, 1.82) is 0 Å². The van der Waals surface area contributed by atoms with Gasteiger partial charge < -0.3 is 0 Å². The van der Waals surface area contributed by atoms with Gasteiger partial charge in [0.15, 0.2) is 0 Å². The summed E-state index contributed by atoms with van der Waals surface area (Å²) < 4.78 is 0. The van der Waals surface area contributed by atoms with Crippen LogP contribution in [-0.4, -0.2) is 0 Å². The van der Waals surface area contributed by atoms with Crippen molar-refractivity contribution in [3.05, 3.63) is 71.3 Å². The van der Waals surface area contributed by atoms with Gasteiger partial charge >= 0.3 is 0 Å². The summed E-state index contributed by atoms with van der Waals surface area (Å²) in [6.07, 6.45) is 5.39. The van der Waals surface area contributed by atoms with Crippen LogP contribution in [0.4, 0.5) is 0 Å². The lowest BCUT2D eigenvalue weighted by molar-refractivity contribution is 1.14. The van der Waals surface area contributed by atoms with E-state index >= 15 is 0 Å². The minimum absolute atomic E-state index is 1.10. The molecule has 0 aromatic heterocycles. The van der Waals surface area contributed by atoms with Crippen LogP contribution in [0.3, 0.4) is 0 Å². The normalized spacial score (nSPS) is 10.8. The number of hydrogen-bond acceptors (Lipinski definition) is 0. The molecule has 0 heterocycles. The predicted molar refractivity (Wildman–Crippen MR) is 71.2 cm³/mol. The molecule has 2 aromatic rings. The molecule has 0 radical (unpaired) electrons. The average molecular weight is 208 g/mol. The van der Waals surface area contributed by atoms with E-state index in [4.69, 9.17) is 0 Å². The molecule has 2 rings (SSSR count).